The standard InChI is InChI=1S/C23H29N3.C2HF3O/c1-17-13-22-23(26-16-25-22)14-21(17)20-9-7-19(8-10-20)15-24-12-11-18-5-3-2-4-6-18;3-2(4,5)1-6/h7-10,13-14,16,18,24H,2-6,11-12,15H2,1H3,(H,25,26);1H. The molecule has 172 valence electrons. The van der Waals surface area contributed by atoms with Gasteiger partial charge in [-0.1, -0.05) is 56.4 Å². The second kappa shape index (κ2) is 11.3. The van der Waals surface area contributed by atoms with Crippen molar-refractivity contribution in [3.63, 3.8) is 0 Å². The van der Waals surface area contributed by atoms with E-state index in [2.05, 4.69) is 58.6 Å². The number of rotatable bonds is 6. The highest BCUT2D eigenvalue weighted by Gasteiger charge is 2.24. The molecule has 0 amide bonds. The van der Waals surface area contributed by atoms with E-state index in [-0.39, 0.29) is 0 Å². The molecule has 1 aromatic heterocycles. The lowest BCUT2D eigenvalue weighted by Gasteiger charge is -2.21. The molecule has 0 atom stereocenters. The number of H-pyrrole nitrogens is 1. The first-order valence-electron chi connectivity index (χ1n) is 11.1. The second-order valence-corrected chi connectivity index (χ2v) is 8.41. The first-order valence-corrected chi connectivity index (χ1v) is 11.1. The summed E-state index contributed by atoms with van der Waals surface area (Å²) in [6, 6.07) is 13.3. The second-order valence-electron chi connectivity index (χ2n) is 8.41. The lowest BCUT2D eigenvalue weighted by molar-refractivity contribution is -0.156. The van der Waals surface area contributed by atoms with E-state index in [1.165, 1.54) is 60.8 Å². The monoisotopic (exact) mass is 445 g/mol. The highest BCUT2D eigenvalue weighted by molar-refractivity contribution is 5.83. The number of nitrogens with one attached hydrogen (secondary N) is 2. The molecule has 4 nitrogen and oxygen atoms in total. The molecule has 4 rings (SSSR count). The molecule has 3 aromatic rings. The molecule has 7 heteroatoms. The van der Waals surface area contributed by atoms with Crippen LogP contribution in [-0.4, -0.2) is 29.0 Å². The van der Waals surface area contributed by atoms with Crippen LogP contribution in [0.5, 0.6) is 0 Å². The molecule has 2 N–H and O–H groups in total. The SMILES string of the molecule is Cc1cc2[nH]cnc2cc1-c1ccc(CNCCC2CCCCC2)cc1.O=CC(F)(F)F. The summed E-state index contributed by atoms with van der Waals surface area (Å²) in [4.78, 5) is 16.3. The van der Waals surface area contributed by atoms with Crippen molar-refractivity contribution < 1.29 is 18.0 Å². The Hall–Kier alpha value is -2.67. The number of imidazole rings is 1. The number of halogens is 3. The van der Waals surface area contributed by atoms with E-state index in [9.17, 15) is 13.2 Å². The van der Waals surface area contributed by atoms with Gasteiger partial charge in [-0.15, -0.1) is 0 Å². The molecule has 1 aliphatic carbocycles. The van der Waals surface area contributed by atoms with Crippen LogP contribution in [0.4, 0.5) is 13.2 Å². The lowest BCUT2D eigenvalue weighted by atomic mass is 9.87. The van der Waals surface area contributed by atoms with E-state index in [0.717, 1.165) is 30.0 Å². The lowest BCUT2D eigenvalue weighted by Crippen LogP contribution is -2.19. The predicted octanol–water partition coefficient (Wildman–Crippen LogP) is 6.35. The summed E-state index contributed by atoms with van der Waals surface area (Å²) in [6.07, 6.45) is 4.60. The van der Waals surface area contributed by atoms with Crippen LogP contribution in [-0.2, 0) is 11.3 Å². The summed E-state index contributed by atoms with van der Waals surface area (Å²) in [5.74, 6) is 0.957. The van der Waals surface area contributed by atoms with Gasteiger partial charge in [0.25, 0.3) is 0 Å². The van der Waals surface area contributed by atoms with E-state index < -0.39 is 12.5 Å². The highest BCUT2D eigenvalue weighted by Crippen LogP contribution is 2.28. The topological polar surface area (TPSA) is 57.8 Å². The zero-order chi connectivity index (χ0) is 23.0. The van der Waals surface area contributed by atoms with Crippen molar-refractivity contribution in [2.24, 2.45) is 5.92 Å². The third-order valence-electron chi connectivity index (χ3n) is 5.95. The number of carbonyl (C=O) groups is 1. The molecule has 0 unspecified atom stereocenters. The quantitative estimate of drug-likeness (QED) is 0.344. The van der Waals surface area contributed by atoms with Gasteiger partial charge in [0.15, 0.2) is 0 Å². The number of hydrogen-bond donors (Lipinski definition) is 2. The Balaban J connectivity index is 0.000000427. The van der Waals surface area contributed by atoms with Gasteiger partial charge in [-0.3, -0.25) is 4.79 Å². The van der Waals surface area contributed by atoms with Crippen LogP contribution in [0.1, 0.15) is 49.7 Å². The van der Waals surface area contributed by atoms with E-state index in [4.69, 9.17) is 4.79 Å². The van der Waals surface area contributed by atoms with Crippen molar-refractivity contribution >= 4 is 17.3 Å². The minimum Gasteiger partial charge on any atom is -0.345 e. The van der Waals surface area contributed by atoms with Crippen molar-refractivity contribution in [3.05, 3.63) is 53.9 Å². The number of aryl methyl sites for hydroxylation is 1. The first kappa shape index (κ1) is 24.0. The van der Waals surface area contributed by atoms with Crippen molar-refractivity contribution in [2.45, 2.75) is 58.2 Å². The van der Waals surface area contributed by atoms with Crippen LogP contribution < -0.4 is 5.32 Å². The fourth-order valence-electron chi connectivity index (χ4n) is 4.22. The minimum absolute atomic E-state index is 0.957. The molecule has 0 radical (unpaired) electrons. The maximum Gasteiger partial charge on any atom is 0.446 e. The number of hydrogen-bond acceptors (Lipinski definition) is 3. The van der Waals surface area contributed by atoms with Crippen LogP contribution in [0.2, 0.25) is 0 Å². The van der Waals surface area contributed by atoms with Crippen LogP contribution >= 0.6 is 0 Å². The van der Waals surface area contributed by atoms with E-state index >= 15 is 0 Å². The minimum atomic E-state index is -4.64. The number of carbonyl (C=O) groups excluding carboxylic acids is 1. The van der Waals surface area contributed by atoms with E-state index in [0.29, 0.717) is 0 Å². The Morgan fingerprint density at radius 1 is 1.12 bits per heavy atom. The fourth-order valence-corrected chi connectivity index (χ4v) is 4.22. The molecular formula is C25H30F3N3O. The van der Waals surface area contributed by atoms with Crippen LogP contribution in [0.25, 0.3) is 22.2 Å². The van der Waals surface area contributed by atoms with E-state index in [1.807, 2.05) is 0 Å². The number of alkyl halides is 3. The first-order chi connectivity index (χ1) is 15.4. The van der Waals surface area contributed by atoms with Crippen LogP contribution in [0.15, 0.2) is 42.7 Å². The number of benzene rings is 2. The summed E-state index contributed by atoms with van der Waals surface area (Å²) in [5.41, 5.74) is 7.29. The highest BCUT2D eigenvalue weighted by atomic mass is 19.4. The van der Waals surface area contributed by atoms with Crippen molar-refractivity contribution in [1.82, 2.24) is 15.3 Å². The maximum absolute atomic E-state index is 10.4. The molecule has 0 bridgehead atoms. The van der Waals surface area contributed by atoms with Crippen LogP contribution in [0, 0.1) is 12.8 Å². The Labute approximate surface area is 186 Å². The fraction of sp³-hybridized carbons (Fsp3) is 0.440. The number of fused-ring (bicyclic) bond motifs is 1. The van der Waals surface area contributed by atoms with Gasteiger partial charge in [0.2, 0.25) is 6.29 Å². The van der Waals surface area contributed by atoms with Gasteiger partial charge in [0.05, 0.1) is 17.4 Å². The van der Waals surface area contributed by atoms with Crippen molar-refractivity contribution in [2.75, 3.05) is 6.54 Å². The normalized spacial score (nSPS) is 14.8. The summed E-state index contributed by atoms with van der Waals surface area (Å²) in [5, 5.41) is 3.63. The van der Waals surface area contributed by atoms with Gasteiger partial charge in [0, 0.05) is 6.54 Å². The van der Waals surface area contributed by atoms with Crippen molar-refractivity contribution in [1.29, 1.82) is 0 Å². The zero-order valence-corrected chi connectivity index (χ0v) is 18.3. The van der Waals surface area contributed by atoms with Gasteiger partial charge in [0.1, 0.15) is 0 Å². The summed E-state index contributed by atoms with van der Waals surface area (Å²) >= 11 is 0. The Kier molecular flexibility index (Phi) is 8.45. The molecule has 0 saturated heterocycles. The van der Waals surface area contributed by atoms with Gasteiger partial charge in [-0.05, 0) is 60.2 Å². The third kappa shape index (κ3) is 7.19. The Bertz CT molecular complexity index is 990. The maximum atomic E-state index is 10.4. The van der Waals surface area contributed by atoms with Gasteiger partial charge in [-0.2, -0.15) is 13.2 Å². The molecule has 1 saturated carbocycles. The molecule has 32 heavy (non-hydrogen) atoms. The molecule has 1 fully saturated rings. The molecular weight excluding hydrogens is 415 g/mol. The average Bonchev–Trinajstić information content (AvgIpc) is 3.24. The number of nitrogens with zero attached hydrogens (tertiary/aromatic N) is 1. The number of aldehydes is 1. The summed E-state index contributed by atoms with van der Waals surface area (Å²) in [7, 11) is 0. The molecule has 0 aliphatic heterocycles. The largest absolute Gasteiger partial charge is 0.446 e. The number of aromatic nitrogens is 2. The Morgan fingerprint density at radius 3 is 2.47 bits per heavy atom. The number of aromatic amines is 1. The van der Waals surface area contributed by atoms with Crippen molar-refractivity contribution in [3.8, 4) is 11.1 Å². The smallest absolute Gasteiger partial charge is 0.345 e. The van der Waals surface area contributed by atoms with Gasteiger partial charge in [-0.25, -0.2) is 4.98 Å². The average molecular weight is 446 g/mol. The van der Waals surface area contributed by atoms with Gasteiger partial charge >= 0.3 is 6.18 Å². The molecule has 2 aromatic carbocycles. The Morgan fingerprint density at radius 2 is 1.81 bits per heavy atom. The van der Waals surface area contributed by atoms with Gasteiger partial charge < -0.3 is 10.3 Å². The molecule has 1 aliphatic rings. The third-order valence-corrected chi connectivity index (χ3v) is 5.95. The molecule has 1 heterocycles. The predicted molar refractivity (Wildman–Crippen MR) is 121 cm³/mol. The summed E-state index contributed by atoms with van der Waals surface area (Å²) < 4.78 is 31.2. The van der Waals surface area contributed by atoms with Crippen LogP contribution in [0.3, 0.4) is 0 Å². The summed E-state index contributed by atoms with van der Waals surface area (Å²) in [6.45, 7) is 4.27. The molecule has 0 spiro atoms. The van der Waals surface area contributed by atoms with E-state index in [1.54, 1.807) is 6.33 Å². The zero-order valence-electron chi connectivity index (χ0n) is 18.3.